The fourth-order valence-electron chi connectivity index (χ4n) is 3.52. The standard InChI is InChI=1S/C16H21NO/c1-11-5-4-7-13(9-11)16(18)15-10-12-6-2-3-8-14(12)17-15/h4-5,7,9,12,14-15,17H,2-3,6,8,10H2,1H3. The number of carbonyl (C=O) groups is 1. The number of ketones is 1. The van der Waals surface area contributed by atoms with E-state index in [0.29, 0.717) is 6.04 Å². The molecule has 3 unspecified atom stereocenters. The average molecular weight is 243 g/mol. The summed E-state index contributed by atoms with van der Waals surface area (Å²) in [5, 5.41) is 3.56. The molecule has 0 bridgehead atoms. The average Bonchev–Trinajstić information content (AvgIpc) is 2.81. The predicted octanol–water partition coefficient (Wildman–Crippen LogP) is 3.10. The molecule has 0 amide bonds. The lowest BCUT2D eigenvalue weighted by Gasteiger charge is -2.24. The molecule has 1 saturated carbocycles. The molecule has 0 radical (unpaired) electrons. The lowest BCUT2D eigenvalue weighted by molar-refractivity contribution is 0.0949. The molecule has 2 nitrogen and oxygen atoms in total. The van der Waals surface area contributed by atoms with Gasteiger partial charge in [0, 0.05) is 11.6 Å². The molecule has 18 heavy (non-hydrogen) atoms. The van der Waals surface area contributed by atoms with Gasteiger partial charge in [0.15, 0.2) is 5.78 Å². The molecule has 3 rings (SSSR count). The topological polar surface area (TPSA) is 29.1 Å². The summed E-state index contributed by atoms with van der Waals surface area (Å²) in [6, 6.07) is 8.62. The van der Waals surface area contributed by atoms with Crippen LogP contribution >= 0.6 is 0 Å². The Morgan fingerprint density at radius 1 is 1.28 bits per heavy atom. The predicted molar refractivity (Wildman–Crippen MR) is 72.8 cm³/mol. The molecule has 1 heterocycles. The summed E-state index contributed by atoms with van der Waals surface area (Å²) in [6.07, 6.45) is 6.25. The maximum atomic E-state index is 12.5. The van der Waals surface area contributed by atoms with Gasteiger partial charge in [-0.2, -0.15) is 0 Å². The van der Waals surface area contributed by atoms with Crippen LogP contribution in [0.5, 0.6) is 0 Å². The minimum atomic E-state index is 0.0555. The Bertz CT molecular complexity index is 440. The van der Waals surface area contributed by atoms with E-state index in [2.05, 4.69) is 5.32 Å². The normalized spacial score (nSPS) is 31.1. The quantitative estimate of drug-likeness (QED) is 0.809. The van der Waals surface area contributed by atoms with Gasteiger partial charge < -0.3 is 5.32 Å². The maximum absolute atomic E-state index is 12.5. The summed E-state index contributed by atoms with van der Waals surface area (Å²) in [5.41, 5.74) is 2.03. The van der Waals surface area contributed by atoms with Crippen molar-refractivity contribution in [3.05, 3.63) is 35.4 Å². The largest absolute Gasteiger partial charge is 0.304 e. The third kappa shape index (κ3) is 2.22. The fourth-order valence-corrected chi connectivity index (χ4v) is 3.52. The van der Waals surface area contributed by atoms with E-state index in [0.717, 1.165) is 23.5 Å². The van der Waals surface area contributed by atoms with Crippen molar-refractivity contribution in [3.8, 4) is 0 Å². The fraction of sp³-hybridized carbons (Fsp3) is 0.562. The van der Waals surface area contributed by atoms with Gasteiger partial charge in [-0.1, -0.05) is 36.6 Å². The van der Waals surface area contributed by atoms with Crippen LogP contribution in [0.2, 0.25) is 0 Å². The van der Waals surface area contributed by atoms with Gasteiger partial charge in [-0.15, -0.1) is 0 Å². The molecular formula is C16H21NO. The Morgan fingerprint density at radius 2 is 2.11 bits per heavy atom. The van der Waals surface area contributed by atoms with Gasteiger partial charge in [0.25, 0.3) is 0 Å². The zero-order valence-corrected chi connectivity index (χ0v) is 11.0. The lowest BCUT2D eigenvalue weighted by atomic mass is 9.84. The summed E-state index contributed by atoms with van der Waals surface area (Å²) in [5.74, 6) is 1.02. The van der Waals surface area contributed by atoms with Gasteiger partial charge in [0.1, 0.15) is 0 Å². The monoisotopic (exact) mass is 243 g/mol. The highest BCUT2D eigenvalue weighted by Crippen LogP contribution is 2.34. The number of hydrogen-bond donors (Lipinski definition) is 1. The van der Waals surface area contributed by atoms with Crippen LogP contribution in [-0.2, 0) is 0 Å². The van der Waals surface area contributed by atoms with Crippen molar-refractivity contribution in [1.82, 2.24) is 5.32 Å². The van der Waals surface area contributed by atoms with Gasteiger partial charge in [-0.25, -0.2) is 0 Å². The molecule has 2 aliphatic rings. The minimum Gasteiger partial charge on any atom is -0.304 e. The summed E-state index contributed by atoms with van der Waals surface area (Å²) < 4.78 is 0. The van der Waals surface area contributed by atoms with Crippen molar-refractivity contribution in [3.63, 3.8) is 0 Å². The minimum absolute atomic E-state index is 0.0555. The second kappa shape index (κ2) is 4.85. The molecule has 1 saturated heterocycles. The van der Waals surface area contributed by atoms with Crippen molar-refractivity contribution < 1.29 is 4.79 Å². The molecule has 96 valence electrons. The highest BCUT2D eigenvalue weighted by molar-refractivity contribution is 6.00. The number of nitrogens with one attached hydrogen (secondary N) is 1. The van der Waals surface area contributed by atoms with Crippen LogP contribution in [0.4, 0.5) is 0 Å². The first kappa shape index (κ1) is 11.9. The van der Waals surface area contributed by atoms with E-state index in [1.807, 2.05) is 31.2 Å². The van der Waals surface area contributed by atoms with E-state index in [-0.39, 0.29) is 11.8 Å². The number of benzene rings is 1. The Kier molecular flexibility index (Phi) is 3.21. The molecular weight excluding hydrogens is 222 g/mol. The highest BCUT2D eigenvalue weighted by Gasteiger charge is 2.38. The summed E-state index contributed by atoms with van der Waals surface area (Å²) in [6.45, 7) is 2.04. The molecule has 0 spiro atoms. The molecule has 0 aromatic heterocycles. The highest BCUT2D eigenvalue weighted by atomic mass is 16.1. The molecule has 1 aromatic carbocycles. The van der Waals surface area contributed by atoms with E-state index < -0.39 is 0 Å². The first-order valence-corrected chi connectivity index (χ1v) is 7.11. The molecule has 2 fully saturated rings. The molecule has 2 heteroatoms. The number of aryl methyl sites for hydroxylation is 1. The third-order valence-corrected chi connectivity index (χ3v) is 4.48. The van der Waals surface area contributed by atoms with E-state index in [1.165, 1.54) is 25.7 Å². The Balaban J connectivity index is 1.74. The Hall–Kier alpha value is -1.15. The third-order valence-electron chi connectivity index (χ3n) is 4.48. The van der Waals surface area contributed by atoms with Crippen molar-refractivity contribution >= 4 is 5.78 Å². The second-order valence-electron chi connectivity index (χ2n) is 5.84. The van der Waals surface area contributed by atoms with Crippen molar-refractivity contribution in [2.45, 2.75) is 51.1 Å². The van der Waals surface area contributed by atoms with Crippen LogP contribution in [0.15, 0.2) is 24.3 Å². The second-order valence-corrected chi connectivity index (χ2v) is 5.84. The van der Waals surface area contributed by atoms with Crippen LogP contribution in [0.3, 0.4) is 0 Å². The number of Topliss-reactive ketones (excluding diaryl/α,β-unsaturated/α-hetero) is 1. The van der Waals surface area contributed by atoms with Crippen molar-refractivity contribution in [2.24, 2.45) is 5.92 Å². The number of rotatable bonds is 2. The molecule has 1 N–H and O–H groups in total. The summed E-state index contributed by atoms with van der Waals surface area (Å²) in [7, 11) is 0. The summed E-state index contributed by atoms with van der Waals surface area (Å²) in [4.78, 5) is 12.5. The van der Waals surface area contributed by atoms with E-state index in [9.17, 15) is 4.79 Å². The smallest absolute Gasteiger partial charge is 0.179 e. The van der Waals surface area contributed by atoms with E-state index in [1.54, 1.807) is 0 Å². The van der Waals surface area contributed by atoms with Gasteiger partial charge in [0.2, 0.25) is 0 Å². The first-order valence-electron chi connectivity index (χ1n) is 7.11. The van der Waals surface area contributed by atoms with E-state index >= 15 is 0 Å². The van der Waals surface area contributed by atoms with Gasteiger partial charge in [-0.05, 0) is 38.2 Å². The van der Waals surface area contributed by atoms with Crippen LogP contribution in [-0.4, -0.2) is 17.9 Å². The van der Waals surface area contributed by atoms with Crippen LogP contribution in [0.1, 0.15) is 48.0 Å². The molecule has 1 aliphatic heterocycles. The van der Waals surface area contributed by atoms with Crippen LogP contribution in [0, 0.1) is 12.8 Å². The number of carbonyl (C=O) groups excluding carboxylic acids is 1. The van der Waals surface area contributed by atoms with Gasteiger partial charge >= 0.3 is 0 Å². The number of hydrogen-bond acceptors (Lipinski definition) is 2. The molecule has 3 atom stereocenters. The zero-order chi connectivity index (χ0) is 12.5. The van der Waals surface area contributed by atoms with Gasteiger partial charge in [-0.3, -0.25) is 4.79 Å². The zero-order valence-electron chi connectivity index (χ0n) is 11.0. The molecule has 1 aromatic rings. The van der Waals surface area contributed by atoms with E-state index in [4.69, 9.17) is 0 Å². The Morgan fingerprint density at radius 3 is 2.89 bits per heavy atom. The van der Waals surface area contributed by atoms with Crippen LogP contribution < -0.4 is 5.32 Å². The SMILES string of the molecule is Cc1cccc(C(=O)C2CC3CCCCC3N2)c1. The van der Waals surface area contributed by atoms with Crippen molar-refractivity contribution in [1.29, 1.82) is 0 Å². The lowest BCUT2D eigenvalue weighted by Crippen LogP contribution is -2.37. The summed E-state index contributed by atoms with van der Waals surface area (Å²) >= 11 is 0. The Labute approximate surface area is 109 Å². The first-order chi connectivity index (χ1) is 8.74. The van der Waals surface area contributed by atoms with Crippen LogP contribution in [0.25, 0.3) is 0 Å². The number of fused-ring (bicyclic) bond motifs is 1. The maximum Gasteiger partial charge on any atom is 0.179 e. The van der Waals surface area contributed by atoms with Crippen molar-refractivity contribution in [2.75, 3.05) is 0 Å². The molecule has 1 aliphatic carbocycles. The van der Waals surface area contributed by atoms with Gasteiger partial charge in [0.05, 0.1) is 6.04 Å².